The molecule has 0 radical (unpaired) electrons. The van der Waals surface area contributed by atoms with E-state index >= 15 is 0 Å². The van der Waals surface area contributed by atoms with Gasteiger partial charge >= 0.3 is 6.18 Å². The average molecular weight is 442 g/mol. The largest absolute Gasteiger partial charge is 0.416 e. The Kier molecular flexibility index (Phi) is 6.58. The summed E-state index contributed by atoms with van der Waals surface area (Å²) in [5, 5.41) is 4.13. The van der Waals surface area contributed by atoms with E-state index in [0.29, 0.717) is 31.5 Å². The van der Waals surface area contributed by atoms with Crippen molar-refractivity contribution in [1.82, 2.24) is 19.7 Å². The molecule has 1 fully saturated rings. The van der Waals surface area contributed by atoms with Gasteiger partial charge in [0.15, 0.2) is 0 Å². The van der Waals surface area contributed by atoms with Crippen molar-refractivity contribution in [2.24, 2.45) is 0 Å². The first-order valence-electron chi connectivity index (χ1n) is 10.7. The molecule has 0 N–H and O–H groups in total. The number of likely N-dealkylation sites (tertiary alicyclic amines) is 1. The van der Waals surface area contributed by atoms with Crippen molar-refractivity contribution in [3.8, 4) is 0 Å². The topological polar surface area (TPSA) is 51.0 Å². The van der Waals surface area contributed by atoms with Crippen LogP contribution >= 0.6 is 0 Å². The summed E-state index contributed by atoms with van der Waals surface area (Å²) >= 11 is 0. The number of halogens is 3. The highest BCUT2D eigenvalue weighted by atomic mass is 19.4. The number of aromatic nitrogens is 3. The Morgan fingerprint density at radius 2 is 2.00 bits per heavy atom. The highest BCUT2D eigenvalue weighted by molar-refractivity contribution is 5.76. The quantitative estimate of drug-likeness (QED) is 0.557. The van der Waals surface area contributed by atoms with Gasteiger partial charge in [-0.3, -0.25) is 14.5 Å². The monoisotopic (exact) mass is 442 g/mol. The zero-order valence-electron chi connectivity index (χ0n) is 17.6. The van der Waals surface area contributed by atoms with Crippen LogP contribution in [0.15, 0.2) is 61.1 Å². The van der Waals surface area contributed by atoms with Crippen molar-refractivity contribution in [2.75, 3.05) is 13.1 Å². The fourth-order valence-electron chi connectivity index (χ4n) is 4.12. The number of alkyl halides is 3. The molecule has 1 aliphatic heterocycles. The number of carbonyl (C=O) groups excluding carboxylic acids is 1. The molecule has 1 aliphatic rings. The van der Waals surface area contributed by atoms with Crippen molar-refractivity contribution >= 4 is 5.91 Å². The summed E-state index contributed by atoms with van der Waals surface area (Å²) < 4.78 is 40.5. The molecule has 1 saturated heterocycles. The van der Waals surface area contributed by atoms with E-state index in [-0.39, 0.29) is 11.8 Å². The summed E-state index contributed by atoms with van der Waals surface area (Å²) in [5.74, 6) is 0.284. The van der Waals surface area contributed by atoms with Crippen molar-refractivity contribution < 1.29 is 18.0 Å². The van der Waals surface area contributed by atoms with Gasteiger partial charge in [-0.05, 0) is 48.6 Å². The van der Waals surface area contributed by atoms with Crippen molar-refractivity contribution in [1.29, 1.82) is 0 Å². The lowest BCUT2D eigenvalue weighted by Crippen LogP contribution is -2.39. The summed E-state index contributed by atoms with van der Waals surface area (Å²) in [7, 11) is 0. The smallest absolute Gasteiger partial charge is 0.342 e. The van der Waals surface area contributed by atoms with Gasteiger partial charge in [0.2, 0.25) is 5.91 Å². The molecular formula is C24H25F3N4O. The van der Waals surface area contributed by atoms with Crippen LogP contribution in [-0.4, -0.2) is 38.7 Å². The number of rotatable bonds is 6. The number of pyridine rings is 1. The molecule has 0 spiro atoms. The molecule has 5 nitrogen and oxygen atoms in total. The number of hydrogen-bond acceptors (Lipinski definition) is 3. The molecule has 0 bridgehead atoms. The summed E-state index contributed by atoms with van der Waals surface area (Å²) in [6.45, 7) is 1.95. The maximum atomic E-state index is 12.9. The van der Waals surface area contributed by atoms with Crippen molar-refractivity contribution in [3.63, 3.8) is 0 Å². The summed E-state index contributed by atoms with van der Waals surface area (Å²) in [4.78, 5) is 19.1. The van der Waals surface area contributed by atoms with Gasteiger partial charge in [0.1, 0.15) is 0 Å². The standard InChI is InChI=1S/C24H25F3N4O/c25-24(26,27)21-6-1-4-18(15-21)14-19-7-8-22(28-16-19)20-5-2-11-30(17-20)23(32)9-13-31-12-3-10-29-31/h1,3-4,6-8,10,12,15-16,20H,2,5,9,11,13-14,17H2/t20-/m0/s1. The summed E-state index contributed by atoms with van der Waals surface area (Å²) in [6, 6.07) is 11.1. The first-order chi connectivity index (χ1) is 15.4. The zero-order chi connectivity index (χ0) is 22.6. The Labute approximate surface area is 184 Å². The van der Waals surface area contributed by atoms with E-state index < -0.39 is 11.7 Å². The minimum Gasteiger partial charge on any atom is -0.342 e. The fraction of sp³-hybridized carbons (Fsp3) is 0.375. The lowest BCUT2D eigenvalue weighted by molar-refractivity contribution is -0.137. The molecule has 4 rings (SSSR count). The van der Waals surface area contributed by atoms with E-state index in [9.17, 15) is 18.0 Å². The van der Waals surface area contributed by atoms with Gasteiger partial charge in [-0.25, -0.2) is 0 Å². The molecule has 0 saturated carbocycles. The number of piperidine rings is 1. The molecular weight excluding hydrogens is 417 g/mol. The van der Waals surface area contributed by atoms with Gasteiger partial charge in [-0.1, -0.05) is 24.3 Å². The molecule has 32 heavy (non-hydrogen) atoms. The lowest BCUT2D eigenvalue weighted by Gasteiger charge is -2.32. The molecule has 0 aliphatic carbocycles. The molecule has 8 heteroatoms. The summed E-state index contributed by atoms with van der Waals surface area (Å²) in [5.41, 5.74) is 1.73. The summed E-state index contributed by atoms with van der Waals surface area (Å²) in [6.07, 6.45) is 3.61. The van der Waals surface area contributed by atoms with Crippen LogP contribution in [0.4, 0.5) is 13.2 Å². The van der Waals surface area contributed by atoms with Gasteiger partial charge < -0.3 is 4.90 Å². The number of benzene rings is 1. The average Bonchev–Trinajstić information content (AvgIpc) is 3.31. The van der Waals surface area contributed by atoms with Crippen LogP contribution in [0.5, 0.6) is 0 Å². The number of hydrogen-bond donors (Lipinski definition) is 0. The van der Waals surface area contributed by atoms with E-state index in [2.05, 4.69) is 10.1 Å². The normalized spacial score (nSPS) is 16.8. The second-order valence-electron chi connectivity index (χ2n) is 8.16. The predicted octanol–water partition coefficient (Wildman–Crippen LogP) is 4.68. The van der Waals surface area contributed by atoms with Gasteiger partial charge in [-0.2, -0.15) is 18.3 Å². The fourth-order valence-corrected chi connectivity index (χ4v) is 4.12. The second-order valence-corrected chi connectivity index (χ2v) is 8.16. The second kappa shape index (κ2) is 9.54. The molecule has 3 aromatic rings. The SMILES string of the molecule is O=C(CCn1cccn1)N1CCC[C@H](c2ccc(Cc3cccc(C(F)(F)F)c3)cn2)C1. The van der Waals surface area contributed by atoms with E-state index in [1.807, 2.05) is 29.3 Å². The van der Waals surface area contributed by atoms with Gasteiger partial charge in [0.05, 0.1) is 5.56 Å². The number of nitrogens with zero attached hydrogens (tertiary/aromatic N) is 4. The molecule has 0 unspecified atom stereocenters. The Morgan fingerprint density at radius 3 is 2.72 bits per heavy atom. The van der Waals surface area contributed by atoms with Gasteiger partial charge in [0, 0.05) is 56.3 Å². The zero-order valence-corrected chi connectivity index (χ0v) is 17.6. The minimum absolute atomic E-state index is 0.117. The van der Waals surface area contributed by atoms with Crippen molar-refractivity contribution in [3.05, 3.63) is 83.4 Å². The van der Waals surface area contributed by atoms with Crippen LogP contribution < -0.4 is 0 Å². The number of amides is 1. The van der Waals surface area contributed by atoms with E-state index in [0.717, 1.165) is 36.7 Å². The molecule has 168 valence electrons. The Balaban J connectivity index is 1.35. The highest BCUT2D eigenvalue weighted by Crippen LogP contribution is 2.30. The van der Waals surface area contributed by atoms with Crippen molar-refractivity contribution in [2.45, 2.75) is 44.3 Å². The predicted molar refractivity (Wildman–Crippen MR) is 114 cm³/mol. The van der Waals surface area contributed by atoms with Crippen LogP contribution in [0.25, 0.3) is 0 Å². The highest BCUT2D eigenvalue weighted by Gasteiger charge is 2.30. The third-order valence-corrected chi connectivity index (χ3v) is 5.82. The van der Waals surface area contributed by atoms with Crippen LogP contribution in [-0.2, 0) is 23.9 Å². The van der Waals surface area contributed by atoms with Crippen LogP contribution in [0.3, 0.4) is 0 Å². The van der Waals surface area contributed by atoms with E-state index in [4.69, 9.17) is 0 Å². The van der Waals surface area contributed by atoms with E-state index in [1.165, 1.54) is 12.1 Å². The lowest BCUT2D eigenvalue weighted by atomic mass is 9.93. The first-order valence-corrected chi connectivity index (χ1v) is 10.7. The number of carbonyl (C=O) groups is 1. The third kappa shape index (κ3) is 5.55. The third-order valence-electron chi connectivity index (χ3n) is 5.82. The molecule has 1 aromatic carbocycles. The van der Waals surface area contributed by atoms with Crippen LogP contribution in [0.1, 0.15) is 47.6 Å². The Hall–Kier alpha value is -3.16. The van der Waals surface area contributed by atoms with Crippen LogP contribution in [0, 0.1) is 0 Å². The van der Waals surface area contributed by atoms with Gasteiger partial charge in [0.25, 0.3) is 0 Å². The maximum Gasteiger partial charge on any atom is 0.416 e. The molecule has 3 heterocycles. The molecule has 2 aromatic heterocycles. The molecule has 1 amide bonds. The van der Waals surface area contributed by atoms with E-state index in [1.54, 1.807) is 23.1 Å². The van der Waals surface area contributed by atoms with Crippen LogP contribution in [0.2, 0.25) is 0 Å². The maximum absolute atomic E-state index is 12.9. The Bertz CT molecular complexity index is 1030. The number of aryl methyl sites for hydroxylation is 1. The van der Waals surface area contributed by atoms with Gasteiger partial charge in [-0.15, -0.1) is 0 Å². The molecule has 1 atom stereocenters. The Morgan fingerprint density at radius 1 is 1.12 bits per heavy atom. The minimum atomic E-state index is -4.35. The first kappa shape index (κ1) is 22.0.